The number of hydrogen-bond donors (Lipinski definition) is 2. The number of halogens is 1. The van der Waals surface area contributed by atoms with Crippen molar-refractivity contribution in [1.82, 2.24) is 5.32 Å². The molecule has 0 aromatic heterocycles. The van der Waals surface area contributed by atoms with Gasteiger partial charge in [0.2, 0.25) is 0 Å². The van der Waals surface area contributed by atoms with E-state index in [0.29, 0.717) is 11.5 Å². The quantitative estimate of drug-likeness (QED) is 0.842. The second-order valence-corrected chi connectivity index (χ2v) is 6.01. The lowest BCUT2D eigenvalue weighted by atomic mass is 10.2. The van der Waals surface area contributed by atoms with Crippen LogP contribution < -0.4 is 10.6 Å². The summed E-state index contributed by atoms with van der Waals surface area (Å²) in [4.78, 5) is 1.25. The van der Waals surface area contributed by atoms with Crippen LogP contribution in [-0.2, 0) is 0 Å². The fourth-order valence-electron chi connectivity index (χ4n) is 2.39. The van der Waals surface area contributed by atoms with Gasteiger partial charge in [0, 0.05) is 21.6 Å². The average molecular weight is 255 g/mol. The molecule has 1 aliphatic heterocycles. The fraction of sp³-hybridized carbons (Fsp3) is 0.500. The van der Waals surface area contributed by atoms with E-state index in [1.165, 1.54) is 36.3 Å². The molecule has 1 saturated carbocycles. The predicted octanol–water partition coefficient (Wildman–Crippen LogP) is 3.67. The van der Waals surface area contributed by atoms with E-state index in [2.05, 4.69) is 16.7 Å². The van der Waals surface area contributed by atoms with Gasteiger partial charge >= 0.3 is 0 Å². The number of thioether (sulfide) groups is 1. The van der Waals surface area contributed by atoms with E-state index in [-0.39, 0.29) is 0 Å². The van der Waals surface area contributed by atoms with E-state index < -0.39 is 0 Å². The SMILES string of the molecule is Clc1ccc2c(c1)SC(NC1CCCC1)N2. The lowest BCUT2D eigenvalue weighted by Gasteiger charge is -2.18. The molecule has 2 N–H and O–H groups in total. The van der Waals surface area contributed by atoms with Crippen molar-refractivity contribution in [1.29, 1.82) is 0 Å². The average Bonchev–Trinajstić information content (AvgIpc) is 2.86. The molecule has 1 fully saturated rings. The highest BCUT2D eigenvalue weighted by Crippen LogP contribution is 2.39. The molecule has 1 unspecified atom stereocenters. The van der Waals surface area contributed by atoms with Crippen LogP contribution in [0.5, 0.6) is 0 Å². The molecule has 1 atom stereocenters. The Morgan fingerprint density at radius 2 is 2.12 bits per heavy atom. The highest BCUT2D eigenvalue weighted by atomic mass is 35.5. The van der Waals surface area contributed by atoms with E-state index in [1.54, 1.807) is 0 Å². The maximum atomic E-state index is 5.98. The number of rotatable bonds is 2. The van der Waals surface area contributed by atoms with Gasteiger partial charge in [0.05, 0.1) is 0 Å². The third-order valence-electron chi connectivity index (χ3n) is 3.22. The number of hydrogen-bond acceptors (Lipinski definition) is 3. The van der Waals surface area contributed by atoms with Crippen LogP contribution in [0.15, 0.2) is 23.1 Å². The van der Waals surface area contributed by atoms with Crippen molar-refractivity contribution in [3.63, 3.8) is 0 Å². The Labute approximate surface area is 105 Å². The second-order valence-electron chi connectivity index (χ2n) is 4.43. The summed E-state index contributed by atoms with van der Waals surface area (Å²) >= 11 is 7.81. The molecule has 1 aromatic rings. The van der Waals surface area contributed by atoms with Gasteiger partial charge in [-0.1, -0.05) is 36.2 Å². The molecule has 2 nitrogen and oxygen atoms in total. The van der Waals surface area contributed by atoms with Gasteiger partial charge in [-0.05, 0) is 31.0 Å². The molecule has 0 amide bonds. The molecule has 0 saturated heterocycles. The zero-order valence-electron chi connectivity index (χ0n) is 9.00. The largest absolute Gasteiger partial charge is 0.360 e. The Balaban J connectivity index is 1.65. The highest BCUT2D eigenvalue weighted by Gasteiger charge is 2.25. The molecule has 1 heterocycles. The van der Waals surface area contributed by atoms with Crippen molar-refractivity contribution in [2.75, 3.05) is 5.32 Å². The minimum atomic E-state index is 0.316. The van der Waals surface area contributed by atoms with Crippen LogP contribution >= 0.6 is 23.4 Å². The molecular formula is C12H15ClN2S. The molecule has 1 aliphatic carbocycles. The third-order valence-corrected chi connectivity index (χ3v) is 4.53. The van der Waals surface area contributed by atoms with E-state index in [4.69, 9.17) is 11.6 Å². The first-order chi connectivity index (χ1) is 7.81. The van der Waals surface area contributed by atoms with Crippen molar-refractivity contribution in [3.05, 3.63) is 23.2 Å². The second kappa shape index (κ2) is 4.47. The van der Waals surface area contributed by atoms with Gasteiger partial charge in [0.1, 0.15) is 5.50 Å². The number of anilines is 1. The van der Waals surface area contributed by atoms with Gasteiger partial charge in [-0.25, -0.2) is 0 Å². The summed E-state index contributed by atoms with van der Waals surface area (Å²) in [6, 6.07) is 6.72. The van der Waals surface area contributed by atoms with E-state index in [9.17, 15) is 0 Å². The van der Waals surface area contributed by atoms with Gasteiger partial charge in [-0.3, -0.25) is 5.32 Å². The summed E-state index contributed by atoms with van der Waals surface area (Å²) < 4.78 is 0. The first-order valence-corrected chi connectivity index (χ1v) is 7.06. The summed E-state index contributed by atoms with van der Waals surface area (Å²) in [5, 5.41) is 7.95. The molecule has 0 radical (unpaired) electrons. The molecule has 1 aromatic carbocycles. The molecule has 0 spiro atoms. The lowest BCUT2D eigenvalue weighted by molar-refractivity contribution is 0.530. The van der Waals surface area contributed by atoms with E-state index in [1.807, 2.05) is 23.9 Å². The maximum Gasteiger partial charge on any atom is 0.130 e. The van der Waals surface area contributed by atoms with Crippen LogP contribution in [0.1, 0.15) is 25.7 Å². The minimum absolute atomic E-state index is 0.316. The van der Waals surface area contributed by atoms with Gasteiger partial charge in [0.15, 0.2) is 0 Å². The summed E-state index contributed by atoms with van der Waals surface area (Å²) in [6.45, 7) is 0. The van der Waals surface area contributed by atoms with Crippen molar-refractivity contribution in [2.45, 2.75) is 42.1 Å². The fourth-order valence-corrected chi connectivity index (χ4v) is 3.78. The minimum Gasteiger partial charge on any atom is -0.360 e. The predicted molar refractivity (Wildman–Crippen MR) is 70.1 cm³/mol. The molecule has 3 rings (SSSR count). The van der Waals surface area contributed by atoms with Crippen molar-refractivity contribution in [2.24, 2.45) is 0 Å². The molecule has 4 heteroatoms. The van der Waals surface area contributed by atoms with Crippen LogP contribution in [0.3, 0.4) is 0 Å². The number of benzene rings is 1. The number of nitrogens with one attached hydrogen (secondary N) is 2. The van der Waals surface area contributed by atoms with Crippen LogP contribution in [0.2, 0.25) is 5.02 Å². The van der Waals surface area contributed by atoms with Crippen LogP contribution in [0, 0.1) is 0 Å². The standard InChI is InChI=1S/C12H15ClN2S/c13-8-5-6-10-11(7-8)16-12(15-10)14-9-3-1-2-4-9/h5-7,9,12,14-15H,1-4H2. The normalized spacial score (nSPS) is 24.4. The van der Waals surface area contributed by atoms with Gasteiger partial charge < -0.3 is 5.32 Å². The first kappa shape index (κ1) is 10.8. The molecule has 86 valence electrons. The molecule has 0 bridgehead atoms. The van der Waals surface area contributed by atoms with Crippen LogP contribution in [0.25, 0.3) is 0 Å². The van der Waals surface area contributed by atoms with Crippen molar-refractivity contribution in [3.8, 4) is 0 Å². The van der Waals surface area contributed by atoms with Gasteiger partial charge in [-0.2, -0.15) is 0 Å². The molecule has 16 heavy (non-hydrogen) atoms. The van der Waals surface area contributed by atoms with Gasteiger partial charge in [0.25, 0.3) is 0 Å². The third kappa shape index (κ3) is 2.17. The first-order valence-electron chi connectivity index (χ1n) is 5.80. The topological polar surface area (TPSA) is 24.1 Å². The van der Waals surface area contributed by atoms with Crippen molar-refractivity contribution >= 4 is 29.1 Å². The Hall–Kier alpha value is -0.380. The molecule has 2 aliphatic rings. The number of fused-ring (bicyclic) bond motifs is 1. The highest BCUT2D eigenvalue weighted by molar-refractivity contribution is 8.00. The Bertz CT molecular complexity index is 391. The summed E-state index contributed by atoms with van der Waals surface area (Å²) in [5.41, 5.74) is 1.52. The Morgan fingerprint density at radius 3 is 2.94 bits per heavy atom. The summed E-state index contributed by atoms with van der Waals surface area (Å²) in [6.07, 6.45) is 5.37. The smallest absolute Gasteiger partial charge is 0.130 e. The zero-order chi connectivity index (χ0) is 11.0. The van der Waals surface area contributed by atoms with Crippen LogP contribution in [0.4, 0.5) is 5.69 Å². The summed E-state index contributed by atoms with van der Waals surface area (Å²) in [7, 11) is 0. The van der Waals surface area contributed by atoms with E-state index >= 15 is 0 Å². The van der Waals surface area contributed by atoms with Crippen molar-refractivity contribution < 1.29 is 0 Å². The Morgan fingerprint density at radius 1 is 1.31 bits per heavy atom. The molecular weight excluding hydrogens is 240 g/mol. The monoisotopic (exact) mass is 254 g/mol. The Kier molecular flexibility index (Phi) is 3.01. The maximum absolute atomic E-state index is 5.98. The van der Waals surface area contributed by atoms with Crippen LogP contribution in [-0.4, -0.2) is 11.5 Å². The van der Waals surface area contributed by atoms with E-state index in [0.717, 1.165) is 5.02 Å². The lowest BCUT2D eigenvalue weighted by Crippen LogP contribution is -2.37. The summed E-state index contributed by atoms with van der Waals surface area (Å²) in [5.74, 6) is 0. The zero-order valence-corrected chi connectivity index (χ0v) is 10.6. The van der Waals surface area contributed by atoms with Gasteiger partial charge in [-0.15, -0.1) is 0 Å².